The molecule has 3 N–H and O–H groups in total. The van der Waals surface area contributed by atoms with Gasteiger partial charge in [0, 0.05) is 37.1 Å². The number of terminal acetylenes is 2. The Morgan fingerprint density at radius 2 is 1.85 bits per heavy atom. The molecule has 224 valence electrons. The third kappa shape index (κ3) is 20.0. The molecule has 0 heterocycles. The molecule has 7 heteroatoms. The quantitative estimate of drug-likeness (QED) is 0.213. The van der Waals surface area contributed by atoms with E-state index in [0.717, 1.165) is 17.7 Å². The van der Waals surface area contributed by atoms with Crippen molar-refractivity contribution in [3.8, 4) is 30.4 Å². The number of benzene rings is 2. The number of carbonyl (C=O) groups is 2. The van der Waals surface area contributed by atoms with Crippen LogP contribution in [0.25, 0.3) is 0 Å². The van der Waals surface area contributed by atoms with Crippen molar-refractivity contribution in [1.82, 2.24) is 10.2 Å². The summed E-state index contributed by atoms with van der Waals surface area (Å²) in [6, 6.07) is 13.6. The highest BCUT2D eigenvalue weighted by molar-refractivity contribution is 5.79. The van der Waals surface area contributed by atoms with Gasteiger partial charge in [-0.25, -0.2) is 4.39 Å². The molecule has 1 atom stereocenters. The number of nitrogens with zero attached hydrogens (tertiary/aromatic N) is 1. The highest BCUT2D eigenvalue weighted by Crippen LogP contribution is 2.30. The summed E-state index contributed by atoms with van der Waals surface area (Å²) in [5.41, 5.74) is 7.45. The summed E-state index contributed by atoms with van der Waals surface area (Å²) in [7, 11) is 3.54. The number of amides is 1. The van der Waals surface area contributed by atoms with Gasteiger partial charge in [0.2, 0.25) is 5.91 Å². The van der Waals surface area contributed by atoms with Crippen molar-refractivity contribution in [3.05, 3.63) is 65.5 Å². The van der Waals surface area contributed by atoms with E-state index >= 15 is 0 Å². The third-order valence-electron chi connectivity index (χ3n) is 5.92. The van der Waals surface area contributed by atoms with Crippen LogP contribution in [0.15, 0.2) is 48.5 Å². The van der Waals surface area contributed by atoms with Gasteiger partial charge >= 0.3 is 0 Å². The topological polar surface area (TPSA) is 84.7 Å². The van der Waals surface area contributed by atoms with Crippen LogP contribution in [-0.2, 0) is 9.59 Å². The molecule has 1 saturated carbocycles. The van der Waals surface area contributed by atoms with E-state index in [0.29, 0.717) is 37.9 Å². The summed E-state index contributed by atoms with van der Waals surface area (Å²) in [5, 5.41) is 3.02. The van der Waals surface area contributed by atoms with Gasteiger partial charge in [0.05, 0.1) is 12.6 Å². The van der Waals surface area contributed by atoms with E-state index in [1.807, 2.05) is 37.4 Å². The fourth-order valence-corrected chi connectivity index (χ4v) is 3.09. The Labute approximate surface area is 247 Å². The number of nitrogens with one attached hydrogen (secondary N) is 1. The van der Waals surface area contributed by atoms with Gasteiger partial charge in [-0.2, -0.15) is 0 Å². The fourth-order valence-electron chi connectivity index (χ4n) is 3.09. The van der Waals surface area contributed by atoms with Crippen LogP contribution in [0, 0.1) is 37.4 Å². The molecule has 1 fully saturated rings. The predicted molar refractivity (Wildman–Crippen MR) is 167 cm³/mol. The zero-order valence-electron chi connectivity index (χ0n) is 25.4. The van der Waals surface area contributed by atoms with Crippen molar-refractivity contribution >= 4 is 12.2 Å². The molecule has 0 saturated heterocycles. The van der Waals surface area contributed by atoms with E-state index in [4.69, 9.17) is 23.3 Å². The van der Waals surface area contributed by atoms with Gasteiger partial charge in [-0.1, -0.05) is 31.0 Å². The molecule has 1 aliphatic rings. The number of likely N-dealkylation sites (N-methyl/N-ethyl adjacent to an activating group) is 1. The van der Waals surface area contributed by atoms with E-state index in [9.17, 15) is 14.0 Å². The Kier molecular flexibility index (Phi) is 20.1. The minimum Gasteiger partial charge on any atom is -0.493 e. The standard InChI is InChI=1S/C18H22FNO3.C8H6.C4H9N.C4H11N/c1-4-7-16(13-21)20(3)18(22)8-5-6-9-23-17-11-14(2)10-15(19)12-17;1-2-8-6-4-3-5-7-8;1-4(5)2-3-4;1-3-4-5-2/h1,10-13,16H,5-9H2,2-3H3;1,3-7H;2-3,5H2,1H3;5H,3-4H2,1-2H3. The Hall–Kier alpha value is -3.65. The molecule has 0 aliphatic heterocycles. The maximum Gasteiger partial charge on any atom is 0.222 e. The summed E-state index contributed by atoms with van der Waals surface area (Å²) >= 11 is 0. The molecule has 0 bridgehead atoms. The minimum atomic E-state index is -0.570. The molecule has 1 aliphatic carbocycles. The maximum absolute atomic E-state index is 13.2. The van der Waals surface area contributed by atoms with Crippen molar-refractivity contribution in [2.24, 2.45) is 5.73 Å². The van der Waals surface area contributed by atoms with Crippen LogP contribution in [0.5, 0.6) is 5.75 Å². The zero-order valence-corrected chi connectivity index (χ0v) is 25.4. The number of nitrogens with two attached hydrogens (primary N) is 1. The smallest absolute Gasteiger partial charge is 0.222 e. The Morgan fingerprint density at radius 3 is 2.27 bits per heavy atom. The first-order valence-corrected chi connectivity index (χ1v) is 14.0. The van der Waals surface area contributed by atoms with E-state index in [1.165, 1.54) is 36.3 Å². The zero-order chi connectivity index (χ0) is 31.1. The molecule has 2 aromatic carbocycles. The van der Waals surface area contributed by atoms with Gasteiger partial charge in [0.1, 0.15) is 17.9 Å². The van der Waals surface area contributed by atoms with Crippen LogP contribution in [-0.4, -0.2) is 55.9 Å². The molecule has 0 radical (unpaired) electrons. The van der Waals surface area contributed by atoms with Crippen molar-refractivity contribution in [2.45, 2.75) is 77.3 Å². The number of aldehydes is 1. The highest BCUT2D eigenvalue weighted by Gasteiger charge is 2.31. The number of hydrogen-bond acceptors (Lipinski definition) is 5. The Bertz CT molecular complexity index is 1060. The van der Waals surface area contributed by atoms with Crippen LogP contribution in [0.2, 0.25) is 0 Å². The largest absolute Gasteiger partial charge is 0.493 e. The number of aryl methyl sites for hydroxylation is 1. The van der Waals surface area contributed by atoms with Gasteiger partial charge in [-0.05, 0) is 89.4 Å². The molecule has 3 rings (SSSR count). The first kappa shape index (κ1) is 37.4. The highest BCUT2D eigenvalue weighted by atomic mass is 19.1. The van der Waals surface area contributed by atoms with Crippen molar-refractivity contribution in [2.75, 3.05) is 27.2 Å². The average molecular weight is 566 g/mol. The van der Waals surface area contributed by atoms with Crippen LogP contribution in [0.1, 0.15) is 69.9 Å². The molecular formula is C34H48FN3O3. The summed E-state index contributed by atoms with van der Waals surface area (Å²) in [5.74, 6) is 4.94. The second-order valence-corrected chi connectivity index (χ2v) is 10.2. The lowest BCUT2D eigenvalue weighted by Gasteiger charge is -2.22. The van der Waals surface area contributed by atoms with Crippen LogP contribution in [0.3, 0.4) is 0 Å². The van der Waals surface area contributed by atoms with E-state index in [-0.39, 0.29) is 23.7 Å². The molecule has 41 heavy (non-hydrogen) atoms. The number of ether oxygens (including phenoxy) is 1. The van der Waals surface area contributed by atoms with Crippen LogP contribution in [0.4, 0.5) is 4.39 Å². The molecular weight excluding hydrogens is 517 g/mol. The summed E-state index contributed by atoms with van der Waals surface area (Å²) in [6.07, 6.45) is 16.5. The second kappa shape index (κ2) is 22.1. The molecule has 1 amide bonds. The lowest BCUT2D eigenvalue weighted by Crippen LogP contribution is -2.37. The average Bonchev–Trinajstić information content (AvgIpc) is 3.66. The first-order chi connectivity index (χ1) is 19.5. The van der Waals surface area contributed by atoms with Gasteiger partial charge < -0.3 is 25.5 Å². The summed E-state index contributed by atoms with van der Waals surface area (Å²) in [6.45, 7) is 7.56. The summed E-state index contributed by atoms with van der Waals surface area (Å²) < 4.78 is 18.7. The Morgan fingerprint density at radius 1 is 1.22 bits per heavy atom. The lowest BCUT2D eigenvalue weighted by atomic mass is 10.1. The molecule has 0 aromatic heterocycles. The van der Waals surface area contributed by atoms with Crippen molar-refractivity contribution < 1.29 is 18.7 Å². The second-order valence-electron chi connectivity index (χ2n) is 10.2. The SMILES string of the molecule is C#CCC(C=O)N(C)C(=O)CCCCOc1cc(C)cc(F)c1.C#Cc1ccccc1.CC1(N)CC1.CCCNC. The van der Waals surface area contributed by atoms with Crippen LogP contribution < -0.4 is 15.8 Å². The van der Waals surface area contributed by atoms with Crippen LogP contribution >= 0.6 is 0 Å². The van der Waals surface area contributed by atoms with Crippen molar-refractivity contribution in [3.63, 3.8) is 0 Å². The Balaban J connectivity index is 0.000000708. The van der Waals surface area contributed by atoms with Crippen molar-refractivity contribution in [1.29, 1.82) is 0 Å². The predicted octanol–water partition coefficient (Wildman–Crippen LogP) is 5.51. The number of hydrogen-bond donors (Lipinski definition) is 2. The molecule has 2 aromatic rings. The number of carbonyl (C=O) groups excluding carboxylic acids is 2. The minimum absolute atomic E-state index is 0.126. The van der Waals surface area contributed by atoms with E-state index < -0.39 is 6.04 Å². The normalized spacial score (nSPS) is 12.6. The van der Waals surface area contributed by atoms with Gasteiger partial charge in [-0.15, -0.1) is 18.8 Å². The monoisotopic (exact) mass is 565 g/mol. The number of rotatable bonds is 11. The molecule has 0 spiro atoms. The van der Waals surface area contributed by atoms with E-state index in [2.05, 4.69) is 31.0 Å². The van der Waals surface area contributed by atoms with Gasteiger partial charge in [0.25, 0.3) is 0 Å². The maximum atomic E-state index is 13.2. The molecule has 6 nitrogen and oxygen atoms in total. The van der Waals surface area contributed by atoms with E-state index in [1.54, 1.807) is 20.0 Å². The first-order valence-electron chi connectivity index (χ1n) is 14.0. The van der Waals surface area contributed by atoms with Gasteiger partial charge in [0.15, 0.2) is 0 Å². The van der Waals surface area contributed by atoms with Gasteiger partial charge in [-0.3, -0.25) is 4.79 Å². The lowest BCUT2D eigenvalue weighted by molar-refractivity contribution is -0.134. The number of unbranched alkanes of at least 4 members (excludes halogenated alkanes) is 1. The summed E-state index contributed by atoms with van der Waals surface area (Å²) in [4.78, 5) is 24.2. The molecule has 1 unspecified atom stereocenters. The fraction of sp³-hybridized carbons (Fsp3) is 0.471. The number of halogens is 1. The third-order valence-corrected chi connectivity index (χ3v) is 5.92.